The van der Waals surface area contributed by atoms with Gasteiger partial charge in [-0.3, -0.25) is 14.5 Å². The molecule has 1 atom stereocenters. The molecule has 1 fully saturated rings. The second-order valence-electron chi connectivity index (χ2n) is 7.85. The van der Waals surface area contributed by atoms with Crippen LogP contribution in [-0.2, 0) is 4.79 Å². The van der Waals surface area contributed by atoms with Gasteiger partial charge in [-0.25, -0.2) is 4.39 Å². The molecule has 0 radical (unpaired) electrons. The quantitative estimate of drug-likeness (QED) is 0.547. The lowest BCUT2D eigenvalue weighted by atomic mass is 9.89. The molecule has 4 nitrogen and oxygen atoms in total. The van der Waals surface area contributed by atoms with Gasteiger partial charge in [0.1, 0.15) is 5.82 Å². The van der Waals surface area contributed by atoms with Crippen LogP contribution >= 0.6 is 11.3 Å². The summed E-state index contributed by atoms with van der Waals surface area (Å²) in [6, 6.07) is 19.3. The van der Waals surface area contributed by atoms with E-state index in [2.05, 4.69) is 10.2 Å². The third kappa shape index (κ3) is 5.46. The van der Waals surface area contributed by atoms with E-state index in [1.807, 2.05) is 47.8 Å². The van der Waals surface area contributed by atoms with Gasteiger partial charge in [-0.05, 0) is 55.1 Å². The van der Waals surface area contributed by atoms with Crippen LogP contribution in [0.15, 0.2) is 72.1 Å². The van der Waals surface area contributed by atoms with E-state index < -0.39 is 0 Å². The molecule has 0 aliphatic carbocycles. The van der Waals surface area contributed by atoms with Crippen molar-refractivity contribution in [1.29, 1.82) is 0 Å². The number of rotatable bonds is 7. The number of benzene rings is 2. The Morgan fingerprint density at radius 2 is 1.71 bits per heavy atom. The number of hydrogen-bond acceptors (Lipinski definition) is 4. The second kappa shape index (κ2) is 9.98. The van der Waals surface area contributed by atoms with Crippen LogP contribution in [0.5, 0.6) is 0 Å². The Labute approximate surface area is 185 Å². The lowest BCUT2D eigenvalue weighted by Gasteiger charge is -2.31. The van der Waals surface area contributed by atoms with Crippen LogP contribution in [0.4, 0.5) is 4.39 Å². The summed E-state index contributed by atoms with van der Waals surface area (Å²) in [5.74, 6) is -0.165. The zero-order valence-electron chi connectivity index (χ0n) is 17.2. The van der Waals surface area contributed by atoms with E-state index in [1.165, 1.54) is 12.1 Å². The average Bonchev–Trinajstić information content (AvgIpc) is 3.33. The molecule has 2 heterocycles. The number of nitrogens with one attached hydrogen (secondary N) is 1. The number of thiophene rings is 1. The van der Waals surface area contributed by atoms with Gasteiger partial charge in [0, 0.05) is 16.4 Å². The maximum absolute atomic E-state index is 13.3. The van der Waals surface area contributed by atoms with Crippen LogP contribution in [0, 0.1) is 11.7 Å². The van der Waals surface area contributed by atoms with Crippen molar-refractivity contribution in [3.05, 3.63) is 93.9 Å². The van der Waals surface area contributed by atoms with Crippen LogP contribution in [0.1, 0.15) is 39.7 Å². The zero-order chi connectivity index (χ0) is 21.6. The minimum Gasteiger partial charge on any atom is -0.343 e. The minimum absolute atomic E-state index is 0.0137. The molecule has 31 heavy (non-hydrogen) atoms. The summed E-state index contributed by atoms with van der Waals surface area (Å²) in [6.45, 7) is 1.73. The Balaban J connectivity index is 1.34. The Hall–Kier alpha value is -2.83. The van der Waals surface area contributed by atoms with E-state index in [4.69, 9.17) is 0 Å². The van der Waals surface area contributed by atoms with Gasteiger partial charge in [0.2, 0.25) is 5.91 Å². The molecule has 6 heteroatoms. The van der Waals surface area contributed by atoms with Crippen LogP contribution in [0.2, 0.25) is 0 Å². The average molecular weight is 437 g/mol. The summed E-state index contributed by atoms with van der Waals surface area (Å²) in [5, 5.41) is 5.07. The molecule has 1 N–H and O–H groups in total. The third-order valence-corrected chi connectivity index (χ3v) is 6.66. The van der Waals surface area contributed by atoms with Gasteiger partial charge in [-0.2, -0.15) is 0 Å². The SMILES string of the molecule is O=C(CN1CCC(C(=O)c2ccccc2)CC1)N[C@H](c1ccc(F)cc1)c1cccs1. The molecule has 3 aromatic rings. The van der Waals surface area contributed by atoms with Crippen LogP contribution in [0.3, 0.4) is 0 Å². The molecular formula is C25H25FN2O2S. The monoisotopic (exact) mass is 436 g/mol. The van der Waals surface area contributed by atoms with Crippen LogP contribution < -0.4 is 5.32 Å². The van der Waals surface area contributed by atoms with Gasteiger partial charge in [-0.15, -0.1) is 11.3 Å². The fourth-order valence-electron chi connectivity index (χ4n) is 4.03. The van der Waals surface area contributed by atoms with Crippen molar-refractivity contribution in [2.45, 2.75) is 18.9 Å². The summed E-state index contributed by atoms with van der Waals surface area (Å²) in [4.78, 5) is 28.6. The molecular weight excluding hydrogens is 411 g/mol. The first kappa shape index (κ1) is 21.4. The fourth-order valence-corrected chi connectivity index (χ4v) is 4.83. The first-order chi connectivity index (χ1) is 15.1. The van der Waals surface area contributed by atoms with E-state index in [0.29, 0.717) is 0 Å². The molecule has 1 aliphatic heterocycles. The summed E-state index contributed by atoms with van der Waals surface area (Å²) in [5.41, 5.74) is 1.61. The standard InChI is InChI=1S/C25H25FN2O2S/c26-21-10-8-18(9-11-21)24(22-7-4-16-31-22)27-23(29)17-28-14-12-20(13-15-28)25(30)19-5-2-1-3-6-19/h1-11,16,20,24H,12-15,17H2,(H,27,29)/t24-/m1/s1. The number of Topliss-reactive ketones (excluding diaryl/α,β-unsaturated/α-hetero) is 1. The first-order valence-corrected chi connectivity index (χ1v) is 11.4. The van der Waals surface area contributed by atoms with Crippen LogP contribution in [0.25, 0.3) is 0 Å². The van der Waals surface area contributed by atoms with E-state index >= 15 is 0 Å². The Morgan fingerprint density at radius 1 is 1.00 bits per heavy atom. The smallest absolute Gasteiger partial charge is 0.234 e. The second-order valence-corrected chi connectivity index (χ2v) is 8.83. The van der Waals surface area contributed by atoms with Crippen molar-refractivity contribution in [3.8, 4) is 0 Å². The summed E-state index contributed by atoms with van der Waals surface area (Å²) < 4.78 is 13.3. The minimum atomic E-state index is -0.301. The third-order valence-electron chi connectivity index (χ3n) is 5.72. The largest absolute Gasteiger partial charge is 0.343 e. The molecule has 0 spiro atoms. The highest BCUT2D eigenvalue weighted by Crippen LogP contribution is 2.27. The molecule has 1 amide bonds. The van der Waals surface area contributed by atoms with E-state index in [9.17, 15) is 14.0 Å². The molecule has 2 aromatic carbocycles. The number of piperidine rings is 1. The highest BCUT2D eigenvalue weighted by molar-refractivity contribution is 7.10. The normalized spacial score (nSPS) is 16.0. The maximum Gasteiger partial charge on any atom is 0.234 e. The van der Waals surface area contributed by atoms with E-state index in [0.717, 1.165) is 41.9 Å². The predicted octanol–water partition coefficient (Wildman–Crippen LogP) is 4.69. The van der Waals surface area contributed by atoms with Crippen molar-refractivity contribution in [2.24, 2.45) is 5.92 Å². The van der Waals surface area contributed by atoms with Crippen molar-refractivity contribution in [1.82, 2.24) is 10.2 Å². The molecule has 0 unspecified atom stereocenters. The zero-order valence-corrected chi connectivity index (χ0v) is 18.0. The number of hydrogen-bond donors (Lipinski definition) is 1. The van der Waals surface area contributed by atoms with Gasteiger partial charge in [0.05, 0.1) is 12.6 Å². The number of carbonyl (C=O) groups is 2. The van der Waals surface area contributed by atoms with Gasteiger partial charge in [-0.1, -0.05) is 48.5 Å². The molecule has 4 rings (SSSR count). The lowest BCUT2D eigenvalue weighted by molar-refractivity contribution is -0.123. The molecule has 0 bridgehead atoms. The van der Waals surface area contributed by atoms with Gasteiger partial charge >= 0.3 is 0 Å². The Kier molecular flexibility index (Phi) is 6.89. The first-order valence-electron chi connectivity index (χ1n) is 10.5. The topological polar surface area (TPSA) is 49.4 Å². The van der Waals surface area contributed by atoms with Crippen molar-refractivity contribution >= 4 is 23.0 Å². The fraction of sp³-hybridized carbons (Fsp3) is 0.280. The highest BCUT2D eigenvalue weighted by Gasteiger charge is 2.27. The highest BCUT2D eigenvalue weighted by atomic mass is 32.1. The van der Waals surface area contributed by atoms with Crippen molar-refractivity contribution < 1.29 is 14.0 Å². The summed E-state index contributed by atoms with van der Waals surface area (Å²) in [6.07, 6.45) is 1.51. The van der Waals surface area contributed by atoms with Crippen molar-refractivity contribution in [3.63, 3.8) is 0 Å². The number of likely N-dealkylation sites (tertiary alicyclic amines) is 1. The van der Waals surface area contributed by atoms with Crippen molar-refractivity contribution in [2.75, 3.05) is 19.6 Å². The molecule has 1 aliphatic rings. The summed E-state index contributed by atoms with van der Waals surface area (Å²) >= 11 is 1.56. The maximum atomic E-state index is 13.3. The number of amides is 1. The van der Waals surface area contributed by atoms with Gasteiger partial charge in [0.25, 0.3) is 0 Å². The molecule has 1 aromatic heterocycles. The predicted molar refractivity (Wildman–Crippen MR) is 121 cm³/mol. The van der Waals surface area contributed by atoms with Gasteiger partial charge < -0.3 is 5.32 Å². The summed E-state index contributed by atoms with van der Waals surface area (Å²) in [7, 11) is 0. The van der Waals surface area contributed by atoms with Crippen LogP contribution in [-0.4, -0.2) is 36.2 Å². The lowest BCUT2D eigenvalue weighted by Crippen LogP contribution is -2.43. The Morgan fingerprint density at radius 3 is 2.35 bits per heavy atom. The molecule has 1 saturated heterocycles. The van der Waals surface area contributed by atoms with E-state index in [1.54, 1.807) is 23.5 Å². The number of halogens is 1. The molecule has 160 valence electrons. The number of ketones is 1. The Bertz CT molecular complexity index is 998. The van der Waals surface area contributed by atoms with Gasteiger partial charge in [0.15, 0.2) is 5.78 Å². The number of carbonyl (C=O) groups excluding carboxylic acids is 2. The van der Waals surface area contributed by atoms with E-state index in [-0.39, 0.29) is 36.0 Å². The number of nitrogens with zero attached hydrogens (tertiary/aromatic N) is 1. The molecule has 0 saturated carbocycles.